The minimum atomic E-state index is 0.392. The number of hydrogen-bond acceptors (Lipinski definition) is 2. The normalized spacial score (nSPS) is 27.3. The SMILES string of the molecule is CCc1c(Br)cccc1NCC1CC(C)OC(C)C1. The standard InChI is InChI=1S/C16H24BrNO/c1-4-14-15(17)6-5-7-16(14)18-10-13-8-11(2)19-12(3)9-13/h5-7,11-13,18H,4,8-10H2,1-3H3. The molecule has 2 rings (SSSR count). The molecule has 1 fully saturated rings. The summed E-state index contributed by atoms with van der Waals surface area (Å²) < 4.78 is 7.00. The van der Waals surface area contributed by atoms with E-state index in [0.29, 0.717) is 18.1 Å². The van der Waals surface area contributed by atoms with Crippen LogP contribution in [0.1, 0.15) is 39.2 Å². The van der Waals surface area contributed by atoms with E-state index in [1.54, 1.807) is 0 Å². The molecule has 0 bridgehead atoms. The lowest BCUT2D eigenvalue weighted by Gasteiger charge is -2.32. The van der Waals surface area contributed by atoms with Crippen LogP contribution in [0.2, 0.25) is 0 Å². The van der Waals surface area contributed by atoms with Crippen molar-refractivity contribution in [2.75, 3.05) is 11.9 Å². The van der Waals surface area contributed by atoms with Gasteiger partial charge in [-0.1, -0.05) is 28.9 Å². The van der Waals surface area contributed by atoms with E-state index in [-0.39, 0.29) is 0 Å². The van der Waals surface area contributed by atoms with Crippen LogP contribution in [0.3, 0.4) is 0 Å². The summed E-state index contributed by atoms with van der Waals surface area (Å²) >= 11 is 3.63. The van der Waals surface area contributed by atoms with Gasteiger partial charge in [-0.2, -0.15) is 0 Å². The van der Waals surface area contributed by atoms with Gasteiger partial charge in [0.15, 0.2) is 0 Å². The van der Waals surface area contributed by atoms with E-state index in [1.165, 1.54) is 15.7 Å². The van der Waals surface area contributed by atoms with Gasteiger partial charge < -0.3 is 10.1 Å². The first kappa shape index (κ1) is 14.9. The number of rotatable bonds is 4. The number of halogens is 1. The fourth-order valence-electron chi connectivity index (χ4n) is 3.05. The molecule has 0 spiro atoms. The van der Waals surface area contributed by atoms with Gasteiger partial charge in [0.25, 0.3) is 0 Å². The zero-order chi connectivity index (χ0) is 13.8. The van der Waals surface area contributed by atoms with Gasteiger partial charge in [0.1, 0.15) is 0 Å². The summed E-state index contributed by atoms with van der Waals surface area (Å²) in [6.45, 7) is 7.60. The molecule has 1 aromatic rings. The minimum Gasteiger partial charge on any atom is -0.385 e. The fourth-order valence-corrected chi connectivity index (χ4v) is 3.69. The van der Waals surface area contributed by atoms with Crippen molar-refractivity contribution >= 4 is 21.6 Å². The fraction of sp³-hybridized carbons (Fsp3) is 0.625. The predicted octanol–water partition coefficient (Wildman–Crippen LogP) is 4.63. The molecule has 0 amide bonds. The van der Waals surface area contributed by atoms with E-state index in [0.717, 1.165) is 25.8 Å². The lowest BCUT2D eigenvalue weighted by molar-refractivity contribution is -0.0495. The molecule has 2 unspecified atom stereocenters. The first-order valence-corrected chi connectivity index (χ1v) is 8.06. The molecule has 1 aliphatic heterocycles. The van der Waals surface area contributed by atoms with Gasteiger partial charge in [0, 0.05) is 16.7 Å². The van der Waals surface area contributed by atoms with Crippen molar-refractivity contribution in [1.29, 1.82) is 0 Å². The molecule has 0 radical (unpaired) electrons. The summed E-state index contributed by atoms with van der Waals surface area (Å²) in [6, 6.07) is 6.39. The van der Waals surface area contributed by atoms with Crippen LogP contribution in [0.4, 0.5) is 5.69 Å². The average Bonchev–Trinajstić information content (AvgIpc) is 2.35. The van der Waals surface area contributed by atoms with Crippen LogP contribution in [0.15, 0.2) is 22.7 Å². The lowest BCUT2D eigenvalue weighted by atomic mass is 9.92. The van der Waals surface area contributed by atoms with Gasteiger partial charge in [-0.15, -0.1) is 0 Å². The maximum atomic E-state index is 5.80. The maximum Gasteiger partial charge on any atom is 0.0553 e. The molecule has 19 heavy (non-hydrogen) atoms. The zero-order valence-electron chi connectivity index (χ0n) is 12.1. The van der Waals surface area contributed by atoms with E-state index >= 15 is 0 Å². The van der Waals surface area contributed by atoms with Crippen molar-refractivity contribution < 1.29 is 4.74 Å². The molecule has 106 valence electrons. The van der Waals surface area contributed by atoms with Gasteiger partial charge in [0.2, 0.25) is 0 Å². The van der Waals surface area contributed by atoms with Crippen molar-refractivity contribution in [2.24, 2.45) is 5.92 Å². The van der Waals surface area contributed by atoms with Crippen LogP contribution >= 0.6 is 15.9 Å². The Morgan fingerprint density at radius 1 is 1.26 bits per heavy atom. The highest BCUT2D eigenvalue weighted by Gasteiger charge is 2.24. The highest BCUT2D eigenvalue weighted by atomic mass is 79.9. The van der Waals surface area contributed by atoms with Crippen molar-refractivity contribution in [1.82, 2.24) is 0 Å². The molecular formula is C16H24BrNO. The van der Waals surface area contributed by atoms with E-state index in [1.807, 2.05) is 0 Å². The summed E-state index contributed by atoms with van der Waals surface area (Å²) in [4.78, 5) is 0. The Kier molecular flexibility index (Phi) is 5.28. The highest BCUT2D eigenvalue weighted by molar-refractivity contribution is 9.10. The molecule has 0 saturated carbocycles. The van der Waals surface area contributed by atoms with Crippen LogP contribution in [0, 0.1) is 5.92 Å². The largest absolute Gasteiger partial charge is 0.385 e. The van der Waals surface area contributed by atoms with Crippen molar-refractivity contribution in [3.05, 3.63) is 28.2 Å². The molecule has 1 heterocycles. The monoisotopic (exact) mass is 325 g/mol. The summed E-state index contributed by atoms with van der Waals surface area (Å²) in [7, 11) is 0. The second kappa shape index (κ2) is 6.76. The Labute approximate surface area is 125 Å². The Morgan fingerprint density at radius 2 is 1.95 bits per heavy atom. The minimum absolute atomic E-state index is 0.392. The molecule has 0 aromatic heterocycles. The zero-order valence-corrected chi connectivity index (χ0v) is 13.7. The van der Waals surface area contributed by atoms with E-state index in [9.17, 15) is 0 Å². The van der Waals surface area contributed by atoms with Crippen molar-refractivity contribution in [2.45, 2.75) is 52.2 Å². The van der Waals surface area contributed by atoms with Gasteiger partial charge in [0.05, 0.1) is 12.2 Å². The maximum absolute atomic E-state index is 5.80. The van der Waals surface area contributed by atoms with E-state index < -0.39 is 0 Å². The Morgan fingerprint density at radius 3 is 2.58 bits per heavy atom. The Hall–Kier alpha value is -0.540. The van der Waals surface area contributed by atoms with Crippen molar-refractivity contribution in [3.8, 4) is 0 Å². The smallest absolute Gasteiger partial charge is 0.0553 e. The van der Waals surface area contributed by atoms with Gasteiger partial charge in [-0.3, -0.25) is 0 Å². The summed E-state index contributed by atoms with van der Waals surface area (Å²) in [5, 5.41) is 3.63. The quantitative estimate of drug-likeness (QED) is 0.871. The summed E-state index contributed by atoms with van der Waals surface area (Å²) in [5.74, 6) is 0.711. The first-order valence-electron chi connectivity index (χ1n) is 7.26. The third-order valence-corrected chi connectivity index (χ3v) is 4.59. The molecular weight excluding hydrogens is 302 g/mol. The second-order valence-electron chi connectivity index (χ2n) is 5.60. The average molecular weight is 326 g/mol. The number of ether oxygens (including phenoxy) is 1. The third-order valence-electron chi connectivity index (χ3n) is 3.85. The van der Waals surface area contributed by atoms with Crippen LogP contribution < -0.4 is 5.32 Å². The van der Waals surface area contributed by atoms with E-state index in [4.69, 9.17) is 4.74 Å². The van der Waals surface area contributed by atoms with E-state index in [2.05, 4.69) is 60.2 Å². The molecule has 1 aliphatic rings. The van der Waals surface area contributed by atoms with Crippen LogP contribution in [0.5, 0.6) is 0 Å². The van der Waals surface area contributed by atoms with Crippen molar-refractivity contribution in [3.63, 3.8) is 0 Å². The molecule has 1 saturated heterocycles. The third kappa shape index (κ3) is 3.96. The van der Waals surface area contributed by atoms with Crippen LogP contribution in [0.25, 0.3) is 0 Å². The first-order chi connectivity index (χ1) is 9.10. The Balaban J connectivity index is 1.97. The lowest BCUT2D eigenvalue weighted by Crippen LogP contribution is -2.32. The van der Waals surface area contributed by atoms with Gasteiger partial charge >= 0.3 is 0 Å². The Bertz CT molecular complexity index is 411. The molecule has 1 N–H and O–H groups in total. The molecule has 0 aliphatic carbocycles. The molecule has 2 nitrogen and oxygen atoms in total. The second-order valence-corrected chi connectivity index (χ2v) is 6.45. The molecule has 3 heteroatoms. The summed E-state index contributed by atoms with van der Waals surface area (Å²) in [5.41, 5.74) is 2.64. The van der Waals surface area contributed by atoms with Crippen LogP contribution in [-0.2, 0) is 11.2 Å². The molecule has 2 atom stereocenters. The van der Waals surface area contributed by atoms with Crippen LogP contribution in [-0.4, -0.2) is 18.8 Å². The van der Waals surface area contributed by atoms with Gasteiger partial charge in [-0.25, -0.2) is 0 Å². The van der Waals surface area contributed by atoms with Gasteiger partial charge in [-0.05, 0) is 56.7 Å². The summed E-state index contributed by atoms with van der Waals surface area (Å²) in [6.07, 6.45) is 4.15. The number of benzene rings is 1. The topological polar surface area (TPSA) is 21.3 Å². The number of anilines is 1. The molecule has 1 aromatic carbocycles. The highest BCUT2D eigenvalue weighted by Crippen LogP contribution is 2.28. The number of hydrogen-bond donors (Lipinski definition) is 1. The number of nitrogens with one attached hydrogen (secondary N) is 1. The predicted molar refractivity (Wildman–Crippen MR) is 84.7 cm³/mol.